The second kappa shape index (κ2) is 4.61. The Kier molecular flexibility index (Phi) is 3.19. The van der Waals surface area contributed by atoms with Crippen molar-refractivity contribution in [2.75, 3.05) is 6.54 Å². The van der Waals surface area contributed by atoms with Gasteiger partial charge in [0.1, 0.15) is 0 Å². The van der Waals surface area contributed by atoms with Crippen LogP contribution in [-0.4, -0.2) is 27.3 Å². The van der Waals surface area contributed by atoms with Crippen LogP contribution in [0.2, 0.25) is 0 Å². The maximum Gasteiger partial charge on any atom is 0.392 e. The molecule has 0 radical (unpaired) electrons. The van der Waals surface area contributed by atoms with Gasteiger partial charge in [0, 0.05) is 6.04 Å². The summed E-state index contributed by atoms with van der Waals surface area (Å²) in [4.78, 5) is 10.1. The Bertz CT molecular complexity index is 384. The predicted octanol–water partition coefficient (Wildman–Crippen LogP) is 1.24. The fraction of sp³-hybridized carbons (Fsp3) is 0.700. The average Bonchev–Trinajstić information content (AvgIpc) is 2.97. The Morgan fingerprint density at radius 1 is 1.69 bits per heavy atom. The van der Waals surface area contributed by atoms with Crippen LogP contribution in [0.3, 0.4) is 0 Å². The van der Waals surface area contributed by atoms with Gasteiger partial charge in [0.2, 0.25) is 0 Å². The lowest BCUT2D eigenvalue weighted by Crippen LogP contribution is -2.19. The van der Waals surface area contributed by atoms with Gasteiger partial charge in [-0.2, -0.15) is 4.68 Å². The summed E-state index contributed by atoms with van der Waals surface area (Å²) in [5.41, 5.74) is 0.625. The van der Waals surface area contributed by atoms with E-state index in [4.69, 9.17) is 0 Å². The third kappa shape index (κ3) is 2.79. The van der Waals surface area contributed by atoms with Gasteiger partial charge in [0.05, 0.1) is 23.4 Å². The Morgan fingerprint density at radius 3 is 3.00 bits per heavy atom. The quantitative estimate of drug-likeness (QED) is 0.448. The first kappa shape index (κ1) is 11.1. The fourth-order valence-electron chi connectivity index (χ4n) is 1.64. The lowest BCUT2D eigenvalue weighted by atomic mass is 10.4. The Balaban J connectivity index is 1.79. The number of aromatic nitrogens is 2. The first-order valence-corrected chi connectivity index (χ1v) is 5.58. The van der Waals surface area contributed by atoms with Crippen LogP contribution in [0.25, 0.3) is 0 Å². The second-order valence-corrected chi connectivity index (χ2v) is 4.24. The highest BCUT2D eigenvalue weighted by Crippen LogP contribution is 2.18. The minimum atomic E-state index is -0.436. The summed E-state index contributed by atoms with van der Waals surface area (Å²) in [6.45, 7) is 3.40. The van der Waals surface area contributed by atoms with Crippen molar-refractivity contribution in [3.63, 3.8) is 0 Å². The van der Waals surface area contributed by atoms with E-state index in [1.807, 2.05) is 0 Å². The van der Waals surface area contributed by atoms with Gasteiger partial charge in [-0.25, -0.2) is 0 Å². The monoisotopic (exact) mass is 224 g/mol. The second-order valence-electron chi connectivity index (χ2n) is 4.24. The molecule has 16 heavy (non-hydrogen) atoms. The van der Waals surface area contributed by atoms with Crippen molar-refractivity contribution in [3.8, 4) is 0 Å². The molecule has 0 spiro atoms. The Labute approximate surface area is 93.8 Å². The Hall–Kier alpha value is -1.43. The van der Waals surface area contributed by atoms with Crippen molar-refractivity contribution < 1.29 is 4.92 Å². The van der Waals surface area contributed by atoms with Gasteiger partial charge in [-0.3, -0.25) is 0 Å². The van der Waals surface area contributed by atoms with Crippen LogP contribution in [0.1, 0.15) is 24.8 Å². The van der Waals surface area contributed by atoms with E-state index >= 15 is 0 Å². The molecule has 1 fully saturated rings. The van der Waals surface area contributed by atoms with Crippen molar-refractivity contribution in [1.29, 1.82) is 0 Å². The van der Waals surface area contributed by atoms with Crippen LogP contribution in [0.4, 0.5) is 5.82 Å². The van der Waals surface area contributed by atoms with E-state index in [1.165, 1.54) is 12.8 Å². The highest BCUT2D eigenvalue weighted by Gasteiger charge is 2.20. The molecule has 0 aromatic carbocycles. The lowest BCUT2D eigenvalue weighted by molar-refractivity contribution is -0.390. The first-order valence-electron chi connectivity index (χ1n) is 5.58. The molecule has 2 rings (SSSR count). The van der Waals surface area contributed by atoms with Crippen LogP contribution in [0.15, 0.2) is 6.20 Å². The molecule has 1 saturated carbocycles. The maximum atomic E-state index is 10.6. The molecule has 1 aliphatic carbocycles. The molecule has 0 atom stereocenters. The highest BCUT2D eigenvalue weighted by atomic mass is 16.6. The van der Waals surface area contributed by atoms with E-state index in [1.54, 1.807) is 17.8 Å². The van der Waals surface area contributed by atoms with Gasteiger partial charge in [-0.1, -0.05) is 0 Å². The Morgan fingerprint density at radius 2 is 2.44 bits per heavy atom. The smallest absolute Gasteiger partial charge is 0.358 e. The molecule has 6 heteroatoms. The average molecular weight is 224 g/mol. The predicted molar refractivity (Wildman–Crippen MR) is 59.3 cm³/mol. The molecule has 0 amide bonds. The fourth-order valence-corrected chi connectivity index (χ4v) is 1.64. The minimum absolute atomic E-state index is 0.0323. The van der Waals surface area contributed by atoms with Crippen molar-refractivity contribution in [3.05, 3.63) is 21.9 Å². The zero-order valence-electron chi connectivity index (χ0n) is 9.35. The molecule has 1 aromatic rings. The molecule has 1 heterocycles. The highest BCUT2D eigenvalue weighted by molar-refractivity contribution is 5.27. The van der Waals surface area contributed by atoms with E-state index in [-0.39, 0.29) is 5.82 Å². The van der Waals surface area contributed by atoms with E-state index in [9.17, 15) is 10.1 Å². The number of nitrogens with zero attached hydrogens (tertiary/aromatic N) is 3. The lowest BCUT2D eigenvalue weighted by Gasteiger charge is -2.00. The molecule has 0 unspecified atom stereocenters. The van der Waals surface area contributed by atoms with Crippen molar-refractivity contribution >= 4 is 5.82 Å². The number of hydrogen-bond donors (Lipinski definition) is 1. The van der Waals surface area contributed by atoms with Gasteiger partial charge in [0.15, 0.2) is 0 Å². The maximum absolute atomic E-state index is 10.6. The molecule has 0 bridgehead atoms. The molecule has 1 aliphatic rings. The van der Waals surface area contributed by atoms with Gasteiger partial charge >= 0.3 is 5.82 Å². The normalized spacial score (nSPS) is 15.3. The summed E-state index contributed by atoms with van der Waals surface area (Å²) in [6, 6.07) is 0.716. The van der Waals surface area contributed by atoms with Crippen LogP contribution in [-0.2, 0) is 6.54 Å². The van der Waals surface area contributed by atoms with E-state index in [0.717, 1.165) is 19.5 Å². The summed E-state index contributed by atoms with van der Waals surface area (Å²) in [5.74, 6) is -0.0323. The van der Waals surface area contributed by atoms with Gasteiger partial charge in [-0.15, -0.1) is 0 Å². The summed E-state index contributed by atoms with van der Waals surface area (Å²) in [7, 11) is 0. The molecule has 1 aromatic heterocycles. The van der Waals surface area contributed by atoms with Crippen LogP contribution in [0.5, 0.6) is 0 Å². The standard InChI is InChI=1S/C10H16N4O2/c1-8-7-13(12-10(8)14(15)16)6-2-5-11-9-3-4-9/h7,9,11H,2-6H2,1H3. The molecular weight excluding hydrogens is 208 g/mol. The van der Waals surface area contributed by atoms with Crippen molar-refractivity contribution in [1.82, 2.24) is 15.1 Å². The summed E-state index contributed by atoms with van der Waals surface area (Å²) < 4.78 is 1.65. The number of aryl methyl sites for hydroxylation is 2. The van der Waals surface area contributed by atoms with Crippen molar-refractivity contribution in [2.45, 2.75) is 38.8 Å². The van der Waals surface area contributed by atoms with E-state index in [0.29, 0.717) is 11.6 Å². The number of hydrogen-bond acceptors (Lipinski definition) is 4. The summed E-state index contributed by atoms with van der Waals surface area (Å²) in [5, 5.41) is 17.9. The third-order valence-corrected chi connectivity index (χ3v) is 2.67. The number of rotatable bonds is 6. The number of nitro groups is 1. The van der Waals surface area contributed by atoms with Crippen molar-refractivity contribution in [2.24, 2.45) is 0 Å². The van der Waals surface area contributed by atoms with E-state index in [2.05, 4.69) is 10.4 Å². The minimum Gasteiger partial charge on any atom is -0.358 e. The largest absolute Gasteiger partial charge is 0.392 e. The molecule has 0 saturated heterocycles. The molecule has 1 N–H and O–H groups in total. The topological polar surface area (TPSA) is 73.0 Å². The third-order valence-electron chi connectivity index (χ3n) is 2.67. The van der Waals surface area contributed by atoms with Gasteiger partial charge in [0.25, 0.3) is 0 Å². The van der Waals surface area contributed by atoms with Gasteiger partial charge < -0.3 is 15.4 Å². The summed E-state index contributed by atoms with van der Waals surface area (Å²) >= 11 is 0. The summed E-state index contributed by atoms with van der Waals surface area (Å²) in [6.07, 6.45) is 5.25. The molecule has 88 valence electrons. The zero-order chi connectivity index (χ0) is 11.5. The van der Waals surface area contributed by atoms with Crippen LogP contribution >= 0.6 is 0 Å². The van der Waals surface area contributed by atoms with Crippen LogP contribution < -0.4 is 5.32 Å². The van der Waals surface area contributed by atoms with Gasteiger partial charge in [-0.05, 0) is 37.7 Å². The molecule has 0 aliphatic heterocycles. The van der Waals surface area contributed by atoms with Crippen LogP contribution in [0, 0.1) is 17.0 Å². The number of nitrogens with one attached hydrogen (secondary N) is 1. The first-order chi connectivity index (χ1) is 7.66. The van der Waals surface area contributed by atoms with E-state index < -0.39 is 4.92 Å². The molecular formula is C10H16N4O2. The zero-order valence-corrected chi connectivity index (χ0v) is 9.35. The molecule has 6 nitrogen and oxygen atoms in total. The SMILES string of the molecule is Cc1cn(CCCNC2CC2)nc1[N+](=O)[O-].